The van der Waals surface area contributed by atoms with Gasteiger partial charge >= 0.3 is 12.1 Å². The first-order valence-corrected chi connectivity index (χ1v) is 17.7. The van der Waals surface area contributed by atoms with Gasteiger partial charge in [0.15, 0.2) is 9.84 Å². The van der Waals surface area contributed by atoms with E-state index in [0.29, 0.717) is 24.8 Å². The van der Waals surface area contributed by atoms with Crippen LogP contribution in [0.5, 0.6) is 0 Å². The van der Waals surface area contributed by atoms with Gasteiger partial charge in [0, 0.05) is 24.6 Å². The summed E-state index contributed by atoms with van der Waals surface area (Å²) in [4.78, 5) is 78.6. The van der Waals surface area contributed by atoms with Crippen LogP contribution in [0.15, 0.2) is 41.8 Å². The van der Waals surface area contributed by atoms with Crippen molar-refractivity contribution in [1.29, 1.82) is 0 Å². The number of benzene rings is 1. The van der Waals surface area contributed by atoms with E-state index in [4.69, 9.17) is 15.2 Å². The predicted molar refractivity (Wildman–Crippen MR) is 175 cm³/mol. The molecule has 0 bridgehead atoms. The van der Waals surface area contributed by atoms with Crippen molar-refractivity contribution in [2.24, 2.45) is 11.7 Å². The van der Waals surface area contributed by atoms with Crippen molar-refractivity contribution < 1.29 is 46.7 Å². The lowest BCUT2D eigenvalue weighted by Gasteiger charge is -2.30. The number of carbonyl (C=O) groups is 6. The minimum absolute atomic E-state index is 0.0585. The fraction of sp³-hybridized carbons (Fsp3) is 0.562. The number of esters is 1. The van der Waals surface area contributed by atoms with Crippen molar-refractivity contribution >= 4 is 45.5 Å². The van der Waals surface area contributed by atoms with E-state index < -0.39 is 69.7 Å². The number of rotatable bonds is 18. The van der Waals surface area contributed by atoms with E-state index in [0.717, 1.165) is 11.7 Å². The number of hydrogen-bond acceptors (Lipinski definition) is 10. The molecule has 4 atom stereocenters. The number of sulfone groups is 1. The van der Waals surface area contributed by atoms with Crippen molar-refractivity contribution in [3.63, 3.8) is 0 Å². The van der Waals surface area contributed by atoms with Gasteiger partial charge < -0.3 is 36.1 Å². The summed E-state index contributed by atoms with van der Waals surface area (Å²) in [5.41, 5.74) is 6.05. The normalized spacial score (nSPS) is 16.5. The molecule has 0 spiro atoms. The van der Waals surface area contributed by atoms with E-state index in [1.807, 2.05) is 13.8 Å². The SMILES string of the molecule is COC(=O)C(CC(C)C)NC(=O)[C@@H]1CCCN1C(=O)[C@H](CCC(N)=O)NC(=O)[C@H](CC/C=C/S(C)(=O)=O)NC(=O)OCc1ccccc1. The van der Waals surface area contributed by atoms with E-state index in [1.165, 1.54) is 18.1 Å². The Balaban J connectivity index is 2.24. The highest BCUT2D eigenvalue weighted by atomic mass is 32.2. The van der Waals surface area contributed by atoms with Crippen LogP contribution in [0.25, 0.3) is 0 Å². The van der Waals surface area contributed by atoms with E-state index in [1.54, 1.807) is 30.3 Å². The molecule has 1 aromatic carbocycles. The highest BCUT2D eigenvalue weighted by Gasteiger charge is 2.39. The van der Waals surface area contributed by atoms with Crippen molar-refractivity contribution in [2.75, 3.05) is 19.9 Å². The number of primary amides is 1. The monoisotopic (exact) mass is 693 g/mol. The number of ether oxygens (including phenoxy) is 2. The average molecular weight is 694 g/mol. The fourth-order valence-electron chi connectivity index (χ4n) is 5.10. The van der Waals surface area contributed by atoms with Crippen LogP contribution < -0.4 is 21.7 Å². The Hall–Kier alpha value is -4.47. The summed E-state index contributed by atoms with van der Waals surface area (Å²) in [6.45, 7) is 3.86. The number of hydrogen-bond donors (Lipinski definition) is 4. The van der Waals surface area contributed by atoms with E-state index in [2.05, 4.69) is 16.0 Å². The smallest absolute Gasteiger partial charge is 0.408 e. The lowest BCUT2D eigenvalue weighted by molar-refractivity contribution is -0.147. The van der Waals surface area contributed by atoms with Gasteiger partial charge in [0.1, 0.15) is 30.8 Å². The van der Waals surface area contributed by atoms with Crippen LogP contribution in [0.2, 0.25) is 0 Å². The minimum Gasteiger partial charge on any atom is -0.467 e. The van der Waals surface area contributed by atoms with E-state index in [9.17, 15) is 37.2 Å². The molecule has 0 radical (unpaired) electrons. The Bertz CT molecular complexity index is 1420. The molecule has 15 nitrogen and oxygen atoms in total. The first kappa shape index (κ1) is 39.7. The Morgan fingerprint density at radius 2 is 1.69 bits per heavy atom. The largest absolute Gasteiger partial charge is 0.467 e. The number of likely N-dealkylation sites (tertiary alicyclic amines) is 1. The third-order valence-corrected chi connectivity index (χ3v) is 8.12. The average Bonchev–Trinajstić information content (AvgIpc) is 3.52. The summed E-state index contributed by atoms with van der Waals surface area (Å²) in [6, 6.07) is 4.37. The van der Waals surface area contributed by atoms with Gasteiger partial charge in [-0.1, -0.05) is 50.3 Å². The zero-order chi connectivity index (χ0) is 35.9. The molecule has 1 fully saturated rings. The zero-order valence-corrected chi connectivity index (χ0v) is 28.6. The van der Waals surface area contributed by atoms with Crippen molar-refractivity contribution in [2.45, 2.75) is 89.6 Å². The standard InChI is InChI=1S/C32H47N5O10S/c1-21(2)19-25(31(42)46-3)35-29(40)26-14-10-17-37(26)30(41)24(15-16-27(33)38)34-28(39)23(13-8-9-18-48(4,44)45)36-32(43)47-20-22-11-6-5-7-12-22/h5-7,9,11-12,18,21,23-26H,8,10,13-17,19-20H2,1-4H3,(H2,33,38)(H,34,39)(H,35,40)(H,36,43)/b18-9+/t23-,24-,25?,26-/m0/s1. The highest BCUT2D eigenvalue weighted by Crippen LogP contribution is 2.21. The molecule has 5 amide bonds. The molecule has 1 unspecified atom stereocenters. The molecule has 266 valence electrons. The Labute approximate surface area is 281 Å². The highest BCUT2D eigenvalue weighted by molar-refractivity contribution is 7.93. The van der Waals surface area contributed by atoms with Gasteiger partial charge in [-0.05, 0) is 50.0 Å². The Morgan fingerprint density at radius 1 is 1.00 bits per heavy atom. The Kier molecular flexibility index (Phi) is 16.0. The van der Waals surface area contributed by atoms with E-state index in [-0.39, 0.29) is 44.8 Å². The molecule has 48 heavy (non-hydrogen) atoms. The van der Waals surface area contributed by atoms with Gasteiger partial charge in [-0.3, -0.25) is 19.2 Å². The maximum absolute atomic E-state index is 13.8. The topological polar surface area (TPSA) is 220 Å². The van der Waals surface area contributed by atoms with Gasteiger partial charge in [-0.2, -0.15) is 0 Å². The minimum atomic E-state index is -3.44. The second-order valence-corrected chi connectivity index (χ2v) is 13.9. The molecule has 0 saturated carbocycles. The molecule has 0 aliphatic carbocycles. The van der Waals surface area contributed by atoms with Gasteiger partial charge in [-0.15, -0.1) is 0 Å². The molecule has 1 aliphatic heterocycles. The number of methoxy groups -OCH3 is 1. The molecule has 1 aliphatic rings. The molecular formula is C32H47N5O10S. The number of alkyl carbamates (subject to hydrolysis) is 1. The second kappa shape index (κ2) is 19.4. The molecule has 1 saturated heterocycles. The summed E-state index contributed by atoms with van der Waals surface area (Å²) in [5.74, 6) is -3.30. The Morgan fingerprint density at radius 3 is 2.29 bits per heavy atom. The maximum Gasteiger partial charge on any atom is 0.408 e. The quantitative estimate of drug-likeness (QED) is 0.160. The number of carbonyl (C=O) groups excluding carboxylic acids is 6. The van der Waals surface area contributed by atoms with Crippen molar-refractivity contribution in [1.82, 2.24) is 20.9 Å². The lowest BCUT2D eigenvalue weighted by Crippen LogP contribution is -2.57. The maximum atomic E-state index is 13.8. The second-order valence-electron chi connectivity index (χ2n) is 12.0. The summed E-state index contributed by atoms with van der Waals surface area (Å²) in [5, 5.41) is 8.70. The molecule has 5 N–H and O–H groups in total. The third kappa shape index (κ3) is 14.1. The first-order valence-electron chi connectivity index (χ1n) is 15.7. The molecule has 0 aromatic heterocycles. The summed E-state index contributed by atoms with van der Waals surface area (Å²) < 4.78 is 33.1. The number of nitrogens with zero attached hydrogens (tertiary/aromatic N) is 1. The van der Waals surface area contributed by atoms with Gasteiger partial charge in [0.05, 0.1) is 7.11 Å². The number of amides is 5. The van der Waals surface area contributed by atoms with Crippen LogP contribution in [0, 0.1) is 5.92 Å². The van der Waals surface area contributed by atoms with Crippen molar-refractivity contribution in [3.8, 4) is 0 Å². The third-order valence-electron chi connectivity index (χ3n) is 7.43. The molecule has 2 rings (SSSR count). The first-order chi connectivity index (χ1) is 22.6. The van der Waals surface area contributed by atoms with Crippen LogP contribution in [-0.4, -0.2) is 93.1 Å². The molecule has 16 heteroatoms. The van der Waals surface area contributed by atoms with Crippen LogP contribution in [0.1, 0.15) is 64.4 Å². The molecule has 1 aromatic rings. The molecular weight excluding hydrogens is 646 g/mol. The van der Waals surface area contributed by atoms with Crippen LogP contribution >= 0.6 is 0 Å². The molecule has 1 heterocycles. The van der Waals surface area contributed by atoms with Crippen molar-refractivity contribution in [3.05, 3.63) is 47.4 Å². The predicted octanol–water partition coefficient (Wildman–Crippen LogP) is 1.07. The fourth-order valence-corrected chi connectivity index (χ4v) is 5.58. The van der Waals surface area contributed by atoms with Crippen LogP contribution in [-0.2, 0) is 49.9 Å². The van der Waals surface area contributed by atoms with Crippen LogP contribution in [0.4, 0.5) is 4.79 Å². The lowest BCUT2D eigenvalue weighted by atomic mass is 10.0. The van der Waals surface area contributed by atoms with Crippen LogP contribution in [0.3, 0.4) is 0 Å². The zero-order valence-electron chi connectivity index (χ0n) is 27.8. The summed E-state index contributed by atoms with van der Waals surface area (Å²) in [6.07, 6.45) is 2.04. The number of allylic oxidation sites excluding steroid dienone is 1. The van der Waals surface area contributed by atoms with Gasteiger partial charge in [0.2, 0.25) is 23.6 Å². The van der Waals surface area contributed by atoms with E-state index >= 15 is 0 Å². The summed E-state index contributed by atoms with van der Waals surface area (Å²) >= 11 is 0. The van der Waals surface area contributed by atoms with Gasteiger partial charge in [0.25, 0.3) is 0 Å². The van der Waals surface area contributed by atoms with Gasteiger partial charge in [-0.25, -0.2) is 18.0 Å². The summed E-state index contributed by atoms with van der Waals surface area (Å²) in [7, 11) is -2.22. The number of nitrogens with one attached hydrogen (secondary N) is 3. The number of nitrogens with two attached hydrogens (primary N) is 1.